The Balaban J connectivity index is 1.57. The Labute approximate surface area is 207 Å². The van der Waals surface area contributed by atoms with E-state index < -0.39 is 5.97 Å². The number of rotatable bonds is 7. The molecule has 0 unspecified atom stereocenters. The van der Waals surface area contributed by atoms with E-state index in [-0.39, 0.29) is 17.3 Å². The highest BCUT2D eigenvalue weighted by atomic mass is 32.1. The summed E-state index contributed by atoms with van der Waals surface area (Å²) in [6.45, 7) is 0.391. The van der Waals surface area contributed by atoms with E-state index in [1.165, 1.54) is 35.7 Å². The fourth-order valence-electron chi connectivity index (χ4n) is 5.06. The average Bonchev–Trinajstić information content (AvgIpc) is 3.43. The fraction of sp³-hybridized carbons (Fsp3) is 0.296. The maximum Gasteiger partial charge on any atom is 0.345 e. The minimum absolute atomic E-state index is 0.0810. The van der Waals surface area contributed by atoms with Crippen LogP contribution in [0.25, 0.3) is 21.5 Å². The lowest BCUT2D eigenvalue weighted by Crippen LogP contribution is -2.28. The molecule has 7 nitrogen and oxygen atoms in total. The third kappa shape index (κ3) is 4.79. The van der Waals surface area contributed by atoms with E-state index in [2.05, 4.69) is 17.4 Å². The van der Waals surface area contributed by atoms with E-state index in [1.807, 2.05) is 22.8 Å². The van der Waals surface area contributed by atoms with Gasteiger partial charge >= 0.3 is 5.97 Å². The van der Waals surface area contributed by atoms with Crippen molar-refractivity contribution < 1.29 is 19.4 Å². The van der Waals surface area contributed by atoms with Gasteiger partial charge in [0.15, 0.2) is 12.4 Å². The number of carboxylic acid groups (broad SMARTS) is 1. The van der Waals surface area contributed by atoms with Crippen molar-refractivity contribution in [3.05, 3.63) is 82.1 Å². The molecule has 4 aromatic rings. The second-order valence-electron chi connectivity index (χ2n) is 9.02. The lowest BCUT2D eigenvalue weighted by Gasteiger charge is -2.23. The smallest absolute Gasteiger partial charge is 0.345 e. The number of carbonyl (C=O) groups excluding carboxylic acids is 1. The number of benzene rings is 1. The number of carbonyl (C=O) groups is 2. The van der Waals surface area contributed by atoms with Gasteiger partial charge in [-0.2, -0.15) is 4.73 Å². The number of thiophene rings is 1. The van der Waals surface area contributed by atoms with Crippen LogP contribution in [0.5, 0.6) is 0 Å². The molecule has 0 spiro atoms. The summed E-state index contributed by atoms with van der Waals surface area (Å²) in [6.07, 6.45) is 8.48. The van der Waals surface area contributed by atoms with Crippen LogP contribution < -0.4 is 10.0 Å². The minimum atomic E-state index is -0.947. The Morgan fingerprint density at radius 1 is 1.09 bits per heavy atom. The van der Waals surface area contributed by atoms with Crippen molar-refractivity contribution >= 4 is 33.4 Å². The molecular weight excluding hydrogens is 462 g/mol. The van der Waals surface area contributed by atoms with Gasteiger partial charge in [-0.25, -0.2) is 4.79 Å². The molecule has 1 amide bonds. The summed E-state index contributed by atoms with van der Waals surface area (Å²) in [5.41, 5.74) is 4.86. The molecule has 0 bridgehead atoms. The van der Waals surface area contributed by atoms with Crippen LogP contribution in [-0.4, -0.2) is 21.6 Å². The van der Waals surface area contributed by atoms with Gasteiger partial charge in [0.2, 0.25) is 5.91 Å². The first-order chi connectivity index (χ1) is 17.0. The number of nitrogens with one attached hydrogen (secondary N) is 1. The third-order valence-electron chi connectivity index (χ3n) is 6.71. The van der Waals surface area contributed by atoms with Crippen molar-refractivity contribution in [2.75, 3.05) is 0 Å². The van der Waals surface area contributed by atoms with Crippen LogP contribution in [-0.2, 0) is 17.9 Å². The van der Waals surface area contributed by atoms with E-state index >= 15 is 0 Å². The summed E-state index contributed by atoms with van der Waals surface area (Å²) in [4.78, 5) is 25.2. The van der Waals surface area contributed by atoms with E-state index in [0.717, 1.165) is 52.7 Å². The van der Waals surface area contributed by atoms with E-state index in [0.29, 0.717) is 17.2 Å². The molecule has 8 heteroatoms. The second-order valence-corrected chi connectivity index (χ2v) is 10.1. The van der Waals surface area contributed by atoms with Gasteiger partial charge in [0, 0.05) is 18.7 Å². The molecule has 1 aromatic carbocycles. The average molecular weight is 490 g/mol. The van der Waals surface area contributed by atoms with Gasteiger partial charge in [-0.15, -0.1) is 11.3 Å². The number of aromatic carboxylic acids is 1. The van der Waals surface area contributed by atoms with Crippen molar-refractivity contribution in [3.8, 4) is 11.3 Å². The highest BCUT2D eigenvalue weighted by molar-refractivity contribution is 7.21. The largest absolute Gasteiger partial charge is 0.619 e. The number of hydrogen-bond donors (Lipinski definition) is 2. The van der Waals surface area contributed by atoms with Gasteiger partial charge in [0.1, 0.15) is 11.4 Å². The van der Waals surface area contributed by atoms with Gasteiger partial charge in [0.25, 0.3) is 0 Å². The van der Waals surface area contributed by atoms with Crippen LogP contribution in [0, 0.1) is 5.21 Å². The highest BCUT2D eigenvalue weighted by Gasteiger charge is 2.29. The predicted molar refractivity (Wildman–Crippen MR) is 135 cm³/mol. The molecule has 180 valence electrons. The molecule has 3 heterocycles. The van der Waals surface area contributed by atoms with Gasteiger partial charge < -0.3 is 20.2 Å². The molecule has 0 atom stereocenters. The predicted octanol–water partition coefficient (Wildman–Crippen LogP) is 5.07. The molecule has 0 radical (unpaired) electrons. The van der Waals surface area contributed by atoms with E-state index in [4.69, 9.17) is 0 Å². The molecule has 1 saturated carbocycles. The molecule has 3 aromatic heterocycles. The molecular formula is C27H27N3O4S. The Hall–Kier alpha value is -3.65. The summed E-state index contributed by atoms with van der Waals surface area (Å²) in [5, 5.41) is 23.9. The van der Waals surface area contributed by atoms with Crippen LogP contribution >= 0.6 is 11.3 Å². The second kappa shape index (κ2) is 9.92. The molecule has 1 aliphatic carbocycles. The van der Waals surface area contributed by atoms with Crippen molar-refractivity contribution in [1.29, 1.82) is 0 Å². The maximum absolute atomic E-state index is 13.1. The number of amides is 1. The molecule has 0 saturated heterocycles. The zero-order valence-corrected chi connectivity index (χ0v) is 20.1. The van der Waals surface area contributed by atoms with Crippen molar-refractivity contribution in [1.82, 2.24) is 9.88 Å². The van der Waals surface area contributed by atoms with Crippen LogP contribution in [0.3, 0.4) is 0 Å². The summed E-state index contributed by atoms with van der Waals surface area (Å²) < 4.78 is 3.67. The highest BCUT2D eigenvalue weighted by Crippen LogP contribution is 2.46. The number of nitrogens with zero attached hydrogens (tertiary/aromatic N) is 2. The van der Waals surface area contributed by atoms with E-state index in [1.54, 1.807) is 18.2 Å². The molecule has 1 aliphatic rings. The monoisotopic (exact) mass is 489 g/mol. The number of hydrogen-bond acceptors (Lipinski definition) is 4. The Bertz CT molecular complexity index is 1350. The fourth-order valence-corrected chi connectivity index (χ4v) is 6.18. The molecule has 5 rings (SSSR count). The number of carboxylic acids is 1. The first kappa shape index (κ1) is 23.1. The maximum atomic E-state index is 13.1. The first-order valence-corrected chi connectivity index (χ1v) is 12.7. The van der Waals surface area contributed by atoms with E-state index in [9.17, 15) is 19.9 Å². The van der Waals surface area contributed by atoms with Crippen LogP contribution in [0.15, 0.2) is 60.9 Å². The van der Waals surface area contributed by atoms with Gasteiger partial charge in [-0.05, 0) is 41.5 Å². The minimum Gasteiger partial charge on any atom is -0.619 e. The first-order valence-electron chi connectivity index (χ1n) is 11.9. The SMILES string of the molecule is O=C(Cn1c(-c2ccccc2)c(C2CCCCC2)c2sc(C(=O)O)cc21)NCc1cc[n+]([O-])cc1. The zero-order valence-electron chi connectivity index (χ0n) is 19.3. The van der Waals surface area contributed by atoms with Crippen molar-refractivity contribution in [2.45, 2.75) is 51.1 Å². The van der Waals surface area contributed by atoms with Crippen molar-refractivity contribution in [3.63, 3.8) is 0 Å². The summed E-state index contributed by atoms with van der Waals surface area (Å²) >= 11 is 1.31. The van der Waals surface area contributed by atoms with Crippen LogP contribution in [0.1, 0.15) is 58.8 Å². The summed E-state index contributed by atoms with van der Waals surface area (Å²) in [5.74, 6) is -0.775. The Kier molecular flexibility index (Phi) is 6.55. The quantitative estimate of drug-likeness (QED) is 0.280. The normalized spacial score (nSPS) is 14.3. The van der Waals surface area contributed by atoms with Crippen LogP contribution in [0.4, 0.5) is 0 Å². The lowest BCUT2D eigenvalue weighted by molar-refractivity contribution is -0.605. The van der Waals surface area contributed by atoms with Gasteiger partial charge in [-0.1, -0.05) is 49.6 Å². The number of fused-ring (bicyclic) bond motifs is 1. The lowest BCUT2D eigenvalue weighted by atomic mass is 9.83. The number of pyridine rings is 1. The van der Waals surface area contributed by atoms with Gasteiger partial charge in [-0.3, -0.25) is 4.79 Å². The van der Waals surface area contributed by atoms with Crippen molar-refractivity contribution in [2.24, 2.45) is 0 Å². The number of aromatic nitrogens is 2. The zero-order chi connectivity index (χ0) is 24.4. The van der Waals surface area contributed by atoms with Gasteiger partial charge in [0.05, 0.1) is 15.9 Å². The molecule has 1 fully saturated rings. The standard InChI is InChI=1S/C27H27N3O4S/c31-23(28-16-18-11-13-29(34)14-12-18)17-30-21-15-22(27(32)33)35-26(21)24(19-7-3-1-4-8-19)25(30)20-9-5-2-6-10-20/h2,5-6,9-15,19H,1,3-4,7-8,16-17H2,(H,28,31)(H,32,33). The molecule has 35 heavy (non-hydrogen) atoms. The summed E-state index contributed by atoms with van der Waals surface area (Å²) in [6, 6.07) is 15.1. The van der Waals surface area contributed by atoms with Crippen LogP contribution in [0.2, 0.25) is 0 Å². The third-order valence-corrected chi connectivity index (χ3v) is 7.85. The Morgan fingerprint density at radius 3 is 2.49 bits per heavy atom. The molecule has 0 aliphatic heterocycles. The topological polar surface area (TPSA) is 98.3 Å². The Morgan fingerprint density at radius 2 is 1.80 bits per heavy atom. The summed E-state index contributed by atoms with van der Waals surface area (Å²) in [7, 11) is 0. The molecule has 2 N–H and O–H groups in total.